The van der Waals surface area contributed by atoms with Crippen molar-refractivity contribution in [3.63, 3.8) is 0 Å². The maximum absolute atomic E-state index is 12.5. The normalized spacial score (nSPS) is 11.3. The lowest BCUT2D eigenvalue weighted by atomic mass is 10.1. The maximum Gasteiger partial charge on any atom is 0.261 e. The topological polar surface area (TPSA) is 72.5 Å². The summed E-state index contributed by atoms with van der Waals surface area (Å²) in [6.07, 6.45) is 0.386. The van der Waals surface area contributed by atoms with E-state index in [2.05, 4.69) is 5.32 Å². The van der Waals surface area contributed by atoms with Crippen LogP contribution in [0.25, 0.3) is 11.1 Å². The molecule has 0 radical (unpaired) electrons. The van der Waals surface area contributed by atoms with Crippen molar-refractivity contribution in [3.05, 3.63) is 76.0 Å². The number of hydrogen-bond donors (Lipinski definition) is 1. The monoisotopic (exact) mass is 443 g/mol. The highest BCUT2D eigenvalue weighted by molar-refractivity contribution is 7.90. The van der Waals surface area contributed by atoms with Crippen molar-refractivity contribution < 1.29 is 17.9 Å². The van der Waals surface area contributed by atoms with E-state index >= 15 is 0 Å². The maximum atomic E-state index is 12.5. The number of methoxy groups -OCH3 is 1. The molecule has 0 aliphatic rings. The van der Waals surface area contributed by atoms with Gasteiger partial charge in [-0.25, -0.2) is 8.42 Å². The molecule has 7 heteroatoms. The van der Waals surface area contributed by atoms with Gasteiger partial charge in [-0.1, -0.05) is 42.5 Å². The lowest BCUT2D eigenvalue weighted by molar-refractivity contribution is 0.0957. The van der Waals surface area contributed by atoms with Gasteiger partial charge in [-0.3, -0.25) is 4.79 Å². The number of sulfone groups is 1. The Morgan fingerprint density at radius 2 is 1.77 bits per heavy atom. The molecule has 1 aromatic heterocycles. The molecular weight excluding hydrogens is 418 g/mol. The number of aryl methyl sites for hydroxylation is 1. The predicted molar refractivity (Wildman–Crippen MR) is 122 cm³/mol. The molecule has 1 N–H and O–H groups in total. The summed E-state index contributed by atoms with van der Waals surface area (Å²) in [5.74, 6) is 0.676. The Balaban J connectivity index is 1.52. The smallest absolute Gasteiger partial charge is 0.261 e. The fourth-order valence-corrected chi connectivity index (χ4v) is 5.52. The second-order valence-corrected chi connectivity index (χ2v) is 10.4. The molecular formula is C23H25NO4S2. The summed E-state index contributed by atoms with van der Waals surface area (Å²) >= 11 is 1.43. The highest BCUT2D eigenvalue weighted by Gasteiger charge is 2.15. The van der Waals surface area contributed by atoms with E-state index < -0.39 is 9.84 Å². The van der Waals surface area contributed by atoms with Crippen LogP contribution >= 0.6 is 11.3 Å². The molecule has 0 saturated carbocycles. The molecule has 30 heavy (non-hydrogen) atoms. The second kappa shape index (κ2) is 9.91. The van der Waals surface area contributed by atoms with Gasteiger partial charge in [0.2, 0.25) is 0 Å². The van der Waals surface area contributed by atoms with Crippen molar-refractivity contribution in [2.75, 3.05) is 19.4 Å². The first-order valence-corrected chi connectivity index (χ1v) is 12.3. The Labute approximate surface area is 181 Å². The summed E-state index contributed by atoms with van der Waals surface area (Å²) < 4.78 is 29.7. The van der Waals surface area contributed by atoms with Crippen molar-refractivity contribution in [1.29, 1.82) is 0 Å². The average molecular weight is 444 g/mol. The number of carbonyl (C=O) groups is 1. The van der Waals surface area contributed by atoms with Gasteiger partial charge >= 0.3 is 0 Å². The molecule has 0 atom stereocenters. The van der Waals surface area contributed by atoms with Gasteiger partial charge in [0.15, 0.2) is 9.84 Å². The van der Waals surface area contributed by atoms with Crippen molar-refractivity contribution in [1.82, 2.24) is 5.32 Å². The zero-order chi connectivity index (χ0) is 21.6. The molecule has 3 aromatic rings. The zero-order valence-corrected chi connectivity index (χ0v) is 18.7. The van der Waals surface area contributed by atoms with Crippen LogP contribution in [0.4, 0.5) is 0 Å². The fourth-order valence-electron chi connectivity index (χ4n) is 3.13. The van der Waals surface area contributed by atoms with Crippen LogP contribution in [0.1, 0.15) is 26.5 Å². The van der Waals surface area contributed by atoms with E-state index in [-0.39, 0.29) is 17.4 Å². The van der Waals surface area contributed by atoms with Crippen molar-refractivity contribution >= 4 is 27.1 Å². The Morgan fingerprint density at radius 3 is 2.43 bits per heavy atom. The third-order valence-electron chi connectivity index (χ3n) is 4.69. The van der Waals surface area contributed by atoms with Gasteiger partial charge in [-0.05, 0) is 48.2 Å². The largest absolute Gasteiger partial charge is 0.497 e. The van der Waals surface area contributed by atoms with Crippen LogP contribution in [0, 0.1) is 6.92 Å². The van der Waals surface area contributed by atoms with Crippen LogP contribution in [-0.4, -0.2) is 33.7 Å². The number of benzene rings is 2. The van der Waals surface area contributed by atoms with E-state index in [0.29, 0.717) is 17.8 Å². The van der Waals surface area contributed by atoms with Crippen LogP contribution in [0.5, 0.6) is 5.75 Å². The number of carbonyl (C=O) groups excluding carboxylic acids is 1. The molecule has 0 saturated heterocycles. The van der Waals surface area contributed by atoms with Gasteiger partial charge in [0.1, 0.15) is 5.75 Å². The Morgan fingerprint density at radius 1 is 1.07 bits per heavy atom. The number of nitrogens with one attached hydrogen (secondary N) is 1. The second-order valence-electron chi connectivity index (χ2n) is 7.00. The summed E-state index contributed by atoms with van der Waals surface area (Å²) in [5.41, 5.74) is 2.82. The molecule has 5 nitrogen and oxygen atoms in total. The molecule has 3 rings (SSSR count). The van der Waals surface area contributed by atoms with Crippen LogP contribution in [0.3, 0.4) is 0 Å². The van der Waals surface area contributed by atoms with Crippen LogP contribution < -0.4 is 10.1 Å². The Hall–Kier alpha value is -2.64. The molecule has 1 amide bonds. The van der Waals surface area contributed by atoms with E-state index in [4.69, 9.17) is 4.74 Å². The highest BCUT2D eigenvalue weighted by Crippen LogP contribution is 2.32. The first-order chi connectivity index (χ1) is 14.4. The third-order valence-corrected chi connectivity index (χ3v) is 7.42. The summed E-state index contributed by atoms with van der Waals surface area (Å²) in [5, 5.41) is 2.83. The number of amides is 1. The van der Waals surface area contributed by atoms with Gasteiger partial charge in [0.25, 0.3) is 5.91 Å². The predicted octanol–water partition coefficient (Wildman–Crippen LogP) is 4.47. The molecule has 0 aliphatic heterocycles. The van der Waals surface area contributed by atoms with Crippen LogP contribution in [0.2, 0.25) is 0 Å². The lowest BCUT2D eigenvalue weighted by Gasteiger charge is -2.06. The Kier molecular flexibility index (Phi) is 7.29. The number of rotatable bonds is 9. The molecule has 0 fully saturated rings. The van der Waals surface area contributed by atoms with E-state index in [1.54, 1.807) is 19.2 Å². The average Bonchev–Trinajstić information content (AvgIpc) is 3.13. The molecule has 0 aliphatic carbocycles. The summed E-state index contributed by atoms with van der Waals surface area (Å²) in [6.45, 7) is 2.30. The molecule has 1 heterocycles. The molecule has 0 spiro atoms. The number of thiophene rings is 1. The molecule has 0 unspecified atom stereocenters. The first-order valence-electron chi connectivity index (χ1n) is 9.65. The minimum Gasteiger partial charge on any atom is -0.497 e. The fraction of sp³-hybridized carbons (Fsp3) is 0.261. The van der Waals surface area contributed by atoms with Crippen molar-refractivity contribution in [3.8, 4) is 16.9 Å². The molecule has 0 bridgehead atoms. The summed E-state index contributed by atoms with van der Waals surface area (Å²) in [7, 11) is -1.58. The summed E-state index contributed by atoms with van der Waals surface area (Å²) in [6, 6.07) is 18.7. The molecule has 158 valence electrons. The van der Waals surface area contributed by atoms with E-state index in [1.165, 1.54) is 11.3 Å². The van der Waals surface area contributed by atoms with E-state index in [9.17, 15) is 13.2 Å². The van der Waals surface area contributed by atoms with Gasteiger partial charge in [0.05, 0.1) is 23.5 Å². The Bertz CT molecular complexity index is 1090. The number of hydrogen-bond acceptors (Lipinski definition) is 5. The highest BCUT2D eigenvalue weighted by atomic mass is 32.2. The van der Waals surface area contributed by atoms with E-state index in [1.807, 2.05) is 55.5 Å². The van der Waals surface area contributed by atoms with Gasteiger partial charge < -0.3 is 10.1 Å². The van der Waals surface area contributed by atoms with Gasteiger partial charge in [-0.2, -0.15) is 0 Å². The van der Waals surface area contributed by atoms with Crippen molar-refractivity contribution in [2.45, 2.75) is 19.1 Å². The molecule has 2 aromatic carbocycles. The zero-order valence-electron chi connectivity index (χ0n) is 17.1. The SMILES string of the molecule is COc1ccc(-c2cc(C(=O)NCCCS(=O)(=O)Cc3ccccc3)sc2C)cc1. The van der Waals surface area contributed by atoms with E-state index in [0.717, 1.165) is 27.3 Å². The van der Waals surface area contributed by atoms with Crippen molar-refractivity contribution in [2.24, 2.45) is 0 Å². The summed E-state index contributed by atoms with van der Waals surface area (Å²) in [4.78, 5) is 14.2. The van der Waals surface area contributed by atoms with Crippen LogP contribution in [-0.2, 0) is 15.6 Å². The van der Waals surface area contributed by atoms with Crippen LogP contribution in [0.15, 0.2) is 60.7 Å². The quantitative estimate of drug-likeness (QED) is 0.496. The third kappa shape index (κ3) is 5.93. The minimum atomic E-state index is -3.20. The standard InChI is InChI=1S/C23H25NO4S2/c1-17-21(19-9-11-20(28-2)12-10-19)15-22(29-17)23(25)24-13-6-14-30(26,27)16-18-7-4-3-5-8-18/h3-5,7-12,15H,6,13-14,16H2,1-2H3,(H,24,25). The lowest BCUT2D eigenvalue weighted by Crippen LogP contribution is -2.25. The number of ether oxygens (including phenoxy) is 1. The first kappa shape index (κ1) is 22.1. The minimum absolute atomic E-state index is 0.0249. The van der Waals surface area contributed by atoms with Gasteiger partial charge in [-0.15, -0.1) is 11.3 Å². The van der Waals surface area contributed by atoms with Gasteiger partial charge in [0, 0.05) is 11.4 Å².